The number of hydrogen-bond acceptors (Lipinski definition) is 4. The number of nitrogen functional groups attached to an aromatic ring is 1. The van der Waals surface area contributed by atoms with Crippen LogP contribution in [0, 0.1) is 0 Å². The van der Waals surface area contributed by atoms with E-state index in [1.807, 2.05) is 6.26 Å². The molecule has 0 fully saturated rings. The standard InChI is InChI=1S/C8H9F3N2S2/c1-14-7-3-2-5(4-6(7)13-12)15-8(9,10)11/h2-4,13H,12H2,1H3. The number of thioether (sulfide) groups is 2. The highest BCUT2D eigenvalue weighted by molar-refractivity contribution is 8.00. The van der Waals surface area contributed by atoms with Crippen LogP contribution in [0.4, 0.5) is 18.9 Å². The van der Waals surface area contributed by atoms with Crippen molar-refractivity contribution in [2.45, 2.75) is 15.3 Å². The summed E-state index contributed by atoms with van der Waals surface area (Å²) in [5.41, 5.74) is -1.40. The average molecular weight is 254 g/mol. The molecule has 0 aliphatic heterocycles. The molecule has 0 radical (unpaired) electrons. The maximum atomic E-state index is 12.1. The van der Waals surface area contributed by atoms with Gasteiger partial charge in [0, 0.05) is 9.79 Å². The number of benzene rings is 1. The highest BCUT2D eigenvalue weighted by Crippen LogP contribution is 2.39. The molecule has 0 aliphatic carbocycles. The molecule has 0 amide bonds. The van der Waals surface area contributed by atoms with Crippen molar-refractivity contribution >= 4 is 29.2 Å². The molecule has 15 heavy (non-hydrogen) atoms. The quantitative estimate of drug-likeness (QED) is 0.493. The van der Waals surface area contributed by atoms with E-state index in [0.29, 0.717) is 5.69 Å². The lowest BCUT2D eigenvalue weighted by Gasteiger charge is -2.10. The number of nitrogens with one attached hydrogen (secondary N) is 1. The molecule has 0 atom stereocenters. The SMILES string of the molecule is CSc1ccc(SC(F)(F)F)cc1NN. The summed E-state index contributed by atoms with van der Waals surface area (Å²) < 4.78 is 36.2. The van der Waals surface area contributed by atoms with Gasteiger partial charge in [0.15, 0.2) is 0 Å². The summed E-state index contributed by atoms with van der Waals surface area (Å²) in [5, 5.41) is 0. The molecule has 1 aromatic carbocycles. The molecule has 1 rings (SSSR count). The molecule has 7 heteroatoms. The van der Waals surface area contributed by atoms with Crippen molar-refractivity contribution in [3.63, 3.8) is 0 Å². The van der Waals surface area contributed by atoms with Crippen molar-refractivity contribution in [2.24, 2.45) is 5.84 Å². The van der Waals surface area contributed by atoms with Crippen LogP contribution in [0.5, 0.6) is 0 Å². The first kappa shape index (κ1) is 12.5. The Labute approximate surface area is 93.8 Å². The Morgan fingerprint density at radius 2 is 2.00 bits per heavy atom. The van der Waals surface area contributed by atoms with Gasteiger partial charge in [-0.15, -0.1) is 11.8 Å². The summed E-state index contributed by atoms with van der Waals surface area (Å²) >= 11 is 1.26. The number of alkyl halides is 3. The Kier molecular flexibility index (Phi) is 4.18. The zero-order chi connectivity index (χ0) is 11.5. The van der Waals surface area contributed by atoms with Gasteiger partial charge in [-0.1, -0.05) is 0 Å². The van der Waals surface area contributed by atoms with Crippen LogP contribution in [0.25, 0.3) is 0 Å². The van der Waals surface area contributed by atoms with E-state index in [1.165, 1.54) is 23.9 Å². The van der Waals surface area contributed by atoms with E-state index < -0.39 is 5.51 Å². The molecule has 2 nitrogen and oxygen atoms in total. The summed E-state index contributed by atoms with van der Waals surface area (Å²) in [6, 6.07) is 4.41. The third kappa shape index (κ3) is 3.84. The van der Waals surface area contributed by atoms with Crippen molar-refractivity contribution in [1.82, 2.24) is 0 Å². The second-order valence-electron chi connectivity index (χ2n) is 2.55. The van der Waals surface area contributed by atoms with E-state index in [-0.39, 0.29) is 16.7 Å². The highest BCUT2D eigenvalue weighted by Gasteiger charge is 2.29. The van der Waals surface area contributed by atoms with Gasteiger partial charge in [0.1, 0.15) is 0 Å². The Morgan fingerprint density at radius 1 is 1.33 bits per heavy atom. The van der Waals surface area contributed by atoms with Gasteiger partial charge < -0.3 is 5.43 Å². The van der Waals surface area contributed by atoms with Crippen molar-refractivity contribution in [3.8, 4) is 0 Å². The van der Waals surface area contributed by atoms with Crippen molar-refractivity contribution < 1.29 is 13.2 Å². The Hall–Kier alpha value is -0.530. The first-order chi connectivity index (χ1) is 6.96. The monoisotopic (exact) mass is 254 g/mol. The molecule has 0 aromatic heterocycles. The van der Waals surface area contributed by atoms with Crippen LogP contribution in [0.1, 0.15) is 0 Å². The molecule has 0 bridgehead atoms. The Morgan fingerprint density at radius 3 is 2.47 bits per heavy atom. The second-order valence-corrected chi connectivity index (χ2v) is 4.54. The molecular weight excluding hydrogens is 245 g/mol. The normalized spacial score (nSPS) is 11.5. The van der Waals surface area contributed by atoms with E-state index >= 15 is 0 Å². The van der Waals surface area contributed by atoms with Crippen LogP contribution in [0.15, 0.2) is 28.0 Å². The molecule has 3 N–H and O–H groups in total. The van der Waals surface area contributed by atoms with E-state index in [2.05, 4.69) is 5.43 Å². The van der Waals surface area contributed by atoms with Crippen molar-refractivity contribution in [2.75, 3.05) is 11.7 Å². The van der Waals surface area contributed by atoms with Crippen LogP contribution >= 0.6 is 23.5 Å². The minimum Gasteiger partial charge on any atom is -0.323 e. The van der Waals surface area contributed by atoms with E-state index in [1.54, 1.807) is 6.07 Å². The summed E-state index contributed by atoms with van der Waals surface area (Å²) in [7, 11) is 0. The van der Waals surface area contributed by atoms with E-state index in [0.717, 1.165) is 4.90 Å². The topological polar surface area (TPSA) is 38.0 Å². The number of anilines is 1. The van der Waals surface area contributed by atoms with E-state index in [4.69, 9.17) is 5.84 Å². The molecule has 0 unspecified atom stereocenters. The average Bonchev–Trinajstić information content (AvgIpc) is 2.15. The number of nitrogens with two attached hydrogens (primary N) is 1. The van der Waals surface area contributed by atoms with Gasteiger partial charge in [0.25, 0.3) is 0 Å². The minimum atomic E-state index is -4.27. The van der Waals surface area contributed by atoms with Gasteiger partial charge in [-0.3, -0.25) is 5.84 Å². The summed E-state index contributed by atoms with van der Waals surface area (Å²) in [6.45, 7) is 0. The summed E-state index contributed by atoms with van der Waals surface area (Å²) in [4.78, 5) is 0.928. The molecule has 84 valence electrons. The van der Waals surface area contributed by atoms with Crippen LogP contribution in [0.2, 0.25) is 0 Å². The molecule has 0 heterocycles. The fourth-order valence-electron chi connectivity index (χ4n) is 0.997. The van der Waals surface area contributed by atoms with Crippen LogP contribution in [-0.4, -0.2) is 11.8 Å². The van der Waals surface area contributed by atoms with Gasteiger partial charge in [-0.2, -0.15) is 13.2 Å². The fraction of sp³-hybridized carbons (Fsp3) is 0.250. The zero-order valence-electron chi connectivity index (χ0n) is 7.76. The largest absolute Gasteiger partial charge is 0.446 e. The second kappa shape index (κ2) is 5.00. The van der Waals surface area contributed by atoms with Crippen LogP contribution < -0.4 is 11.3 Å². The highest BCUT2D eigenvalue weighted by atomic mass is 32.2. The molecule has 0 saturated carbocycles. The molecule has 0 saturated heterocycles. The van der Waals surface area contributed by atoms with Gasteiger partial charge in [-0.05, 0) is 36.2 Å². The number of halogens is 3. The molecule has 0 aliphatic rings. The lowest BCUT2D eigenvalue weighted by molar-refractivity contribution is -0.0328. The predicted molar refractivity (Wildman–Crippen MR) is 57.9 cm³/mol. The maximum Gasteiger partial charge on any atom is 0.446 e. The first-order valence-corrected chi connectivity index (χ1v) is 5.91. The van der Waals surface area contributed by atoms with Crippen molar-refractivity contribution in [3.05, 3.63) is 18.2 Å². The van der Waals surface area contributed by atoms with E-state index in [9.17, 15) is 13.2 Å². The van der Waals surface area contributed by atoms with Gasteiger partial charge in [0.2, 0.25) is 0 Å². The molecular formula is C8H9F3N2S2. The van der Waals surface area contributed by atoms with Gasteiger partial charge >= 0.3 is 5.51 Å². The lowest BCUT2D eigenvalue weighted by Crippen LogP contribution is -2.08. The molecule has 1 aromatic rings. The third-order valence-electron chi connectivity index (χ3n) is 1.56. The van der Waals surface area contributed by atoms with Crippen LogP contribution in [0.3, 0.4) is 0 Å². The smallest absolute Gasteiger partial charge is 0.323 e. The first-order valence-electron chi connectivity index (χ1n) is 3.86. The maximum absolute atomic E-state index is 12.1. The number of hydrogen-bond donors (Lipinski definition) is 2. The zero-order valence-corrected chi connectivity index (χ0v) is 9.39. The Bertz CT molecular complexity index is 341. The fourth-order valence-corrected chi connectivity index (χ4v) is 2.12. The third-order valence-corrected chi connectivity index (χ3v) is 3.08. The van der Waals surface area contributed by atoms with Gasteiger partial charge in [0.05, 0.1) is 5.69 Å². The minimum absolute atomic E-state index is 0.119. The number of rotatable bonds is 3. The number of hydrazine groups is 1. The predicted octanol–water partition coefficient (Wildman–Crippen LogP) is 3.31. The van der Waals surface area contributed by atoms with Crippen LogP contribution in [-0.2, 0) is 0 Å². The Balaban J connectivity index is 2.93. The summed E-state index contributed by atoms with van der Waals surface area (Å²) in [6.07, 6.45) is 1.83. The lowest BCUT2D eigenvalue weighted by atomic mass is 10.3. The van der Waals surface area contributed by atoms with Crippen molar-refractivity contribution in [1.29, 1.82) is 0 Å². The summed E-state index contributed by atoms with van der Waals surface area (Å²) in [5.74, 6) is 5.21. The molecule has 0 spiro atoms. The van der Waals surface area contributed by atoms with Gasteiger partial charge in [-0.25, -0.2) is 0 Å².